The number of nitrogens with one attached hydrogen (secondary N) is 1. The summed E-state index contributed by atoms with van der Waals surface area (Å²) in [7, 11) is 4.11. The van der Waals surface area contributed by atoms with Gasteiger partial charge in [-0.25, -0.2) is 0 Å². The van der Waals surface area contributed by atoms with E-state index in [0.717, 1.165) is 31.5 Å². The number of rotatable bonds is 7. The molecule has 0 saturated carbocycles. The number of aromatic nitrogens is 2. The fourth-order valence-electron chi connectivity index (χ4n) is 3.77. The van der Waals surface area contributed by atoms with Crippen molar-refractivity contribution in [2.45, 2.75) is 66.0 Å². The zero-order valence-electron chi connectivity index (χ0n) is 18.5. The number of guanidine groups is 1. The number of hydrogen-bond acceptors (Lipinski definition) is 3. The van der Waals surface area contributed by atoms with Crippen LogP contribution >= 0.6 is 0 Å². The molecule has 1 saturated heterocycles. The first-order valence-electron chi connectivity index (χ1n) is 10.6. The normalized spacial score (nSPS) is 18.1. The summed E-state index contributed by atoms with van der Waals surface area (Å²) in [6, 6.07) is 0.490. The van der Waals surface area contributed by atoms with Gasteiger partial charge in [-0.1, -0.05) is 20.8 Å². The van der Waals surface area contributed by atoms with E-state index >= 15 is 0 Å². The standard InChI is InChI=1S/C21H40N6/c1-8-22-21(23-13-18(5)27-11-9-17(4)10-12-27)25(6)14-19-15-26(7)24-20(19)16(2)3/h15-18H,8-14H2,1-7H3,(H,22,23). The van der Waals surface area contributed by atoms with Crippen molar-refractivity contribution >= 4 is 5.96 Å². The van der Waals surface area contributed by atoms with E-state index in [0.29, 0.717) is 12.0 Å². The first-order valence-corrected chi connectivity index (χ1v) is 10.6. The Bertz CT molecular complexity index is 598. The molecule has 6 heteroatoms. The Morgan fingerprint density at radius 3 is 2.59 bits per heavy atom. The average Bonchev–Trinajstić information content (AvgIpc) is 2.99. The van der Waals surface area contributed by atoms with Crippen LogP contribution in [0.2, 0.25) is 0 Å². The van der Waals surface area contributed by atoms with E-state index in [-0.39, 0.29) is 0 Å². The summed E-state index contributed by atoms with van der Waals surface area (Å²) in [6.07, 6.45) is 4.76. The highest BCUT2D eigenvalue weighted by atomic mass is 15.3. The Labute approximate surface area is 166 Å². The molecule has 1 aromatic rings. The van der Waals surface area contributed by atoms with E-state index < -0.39 is 0 Å². The van der Waals surface area contributed by atoms with Crippen molar-refractivity contribution in [2.75, 3.05) is 33.2 Å². The lowest BCUT2D eigenvalue weighted by molar-refractivity contribution is 0.150. The van der Waals surface area contributed by atoms with Crippen LogP contribution in [-0.4, -0.2) is 64.8 Å². The molecule has 1 aromatic heterocycles. The van der Waals surface area contributed by atoms with Crippen molar-refractivity contribution in [3.8, 4) is 0 Å². The molecule has 0 aliphatic carbocycles. The summed E-state index contributed by atoms with van der Waals surface area (Å²) in [6.45, 7) is 16.1. The zero-order valence-corrected chi connectivity index (χ0v) is 18.5. The van der Waals surface area contributed by atoms with Gasteiger partial charge in [0.25, 0.3) is 0 Å². The van der Waals surface area contributed by atoms with Gasteiger partial charge in [-0.2, -0.15) is 5.10 Å². The second kappa shape index (κ2) is 10.1. The second-order valence-electron chi connectivity index (χ2n) is 8.49. The van der Waals surface area contributed by atoms with Gasteiger partial charge in [0, 0.05) is 45.0 Å². The summed E-state index contributed by atoms with van der Waals surface area (Å²) >= 11 is 0. The third kappa shape index (κ3) is 6.23. The number of aliphatic imine (C=N–C) groups is 1. The van der Waals surface area contributed by atoms with Crippen molar-refractivity contribution in [3.63, 3.8) is 0 Å². The van der Waals surface area contributed by atoms with Crippen molar-refractivity contribution < 1.29 is 0 Å². The van der Waals surface area contributed by atoms with Gasteiger partial charge in [0.1, 0.15) is 0 Å². The summed E-state index contributed by atoms with van der Waals surface area (Å²) < 4.78 is 1.92. The molecule has 1 N–H and O–H groups in total. The predicted molar refractivity (Wildman–Crippen MR) is 114 cm³/mol. The second-order valence-corrected chi connectivity index (χ2v) is 8.49. The lowest BCUT2D eigenvalue weighted by Gasteiger charge is -2.34. The largest absolute Gasteiger partial charge is 0.357 e. The average molecular weight is 377 g/mol. The van der Waals surface area contributed by atoms with Gasteiger partial charge in [0.15, 0.2) is 5.96 Å². The Balaban J connectivity index is 2.01. The number of likely N-dealkylation sites (tertiary alicyclic amines) is 1. The van der Waals surface area contributed by atoms with E-state index in [4.69, 9.17) is 4.99 Å². The summed E-state index contributed by atoms with van der Waals surface area (Å²) in [4.78, 5) is 9.76. The van der Waals surface area contributed by atoms with Gasteiger partial charge in [-0.3, -0.25) is 14.6 Å². The SMILES string of the molecule is CCNC(=NCC(C)N1CCC(C)CC1)N(C)Cc1cn(C)nc1C(C)C. The lowest BCUT2D eigenvalue weighted by atomic mass is 9.98. The monoisotopic (exact) mass is 376 g/mol. The van der Waals surface area contributed by atoms with Crippen LogP contribution in [-0.2, 0) is 13.6 Å². The molecular formula is C21H40N6. The molecule has 154 valence electrons. The third-order valence-electron chi connectivity index (χ3n) is 5.53. The minimum atomic E-state index is 0.427. The van der Waals surface area contributed by atoms with Crippen LogP contribution in [0.15, 0.2) is 11.2 Å². The number of hydrogen-bond donors (Lipinski definition) is 1. The molecule has 27 heavy (non-hydrogen) atoms. The van der Waals surface area contributed by atoms with Crippen LogP contribution in [0.5, 0.6) is 0 Å². The van der Waals surface area contributed by atoms with Crippen molar-refractivity contribution in [1.29, 1.82) is 0 Å². The highest BCUT2D eigenvalue weighted by Gasteiger charge is 2.20. The number of nitrogens with zero attached hydrogens (tertiary/aromatic N) is 5. The summed E-state index contributed by atoms with van der Waals surface area (Å²) in [5.74, 6) is 2.28. The fraction of sp³-hybridized carbons (Fsp3) is 0.810. The van der Waals surface area contributed by atoms with E-state index in [1.807, 2.05) is 11.7 Å². The Kier molecular flexibility index (Phi) is 8.14. The molecule has 0 radical (unpaired) electrons. The number of aryl methyl sites for hydroxylation is 1. The highest BCUT2D eigenvalue weighted by Crippen LogP contribution is 2.19. The minimum Gasteiger partial charge on any atom is -0.357 e. The molecule has 0 spiro atoms. The Morgan fingerprint density at radius 1 is 1.33 bits per heavy atom. The van der Waals surface area contributed by atoms with Crippen LogP contribution in [0.25, 0.3) is 0 Å². The van der Waals surface area contributed by atoms with Crippen LogP contribution in [0.4, 0.5) is 0 Å². The maximum absolute atomic E-state index is 4.95. The maximum Gasteiger partial charge on any atom is 0.194 e. The van der Waals surface area contributed by atoms with Gasteiger partial charge in [-0.15, -0.1) is 0 Å². The quantitative estimate of drug-likeness (QED) is 0.587. The van der Waals surface area contributed by atoms with Crippen LogP contribution in [0, 0.1) is 5.92 Å². The van der Waals surface area contributed by atoms with Gasteiger partial charge in [0.05, 0.1) is 12.2 Å². The van der Waals surface area contributed by atoms with E-state index in [1.54, 1.807) is 0 Å². The Hall–Kier alpha value is -1.56. The molecule has 1 aliphatic rings. The minimum absolute atomic E-state index is 0.427. The molecule has 1 aliphatic heterocycles. The lowest BCUT2D eigenvalue weighted by Crippen LogP contribution is -2.43. The molecule has 1 atom stereocenters. The molecule has 0 bridgehead atoms. The molecule has 2 rings (SSSR count). The molecule has 0 aromatic carbocycles. The van der Waals surface area contributed by atoms with E-state index in [2.05, 4.69) is 68.1 Å². The van der Waals surface area contributed by atoms with Crippen molar-refractivity contribution in [1.82, 2.24) is 24.9 Å². The third-order valence-corrected chi connectivity index (χ3v) is 5.53. The molecule has 0 amide bonds. The molecule has 2 heterocycles. The summed E-state index contributed by atoms with van der Waals surface area (Å²) in [5, 5.41) is 8.09. The van der Waals surface area contributed by atoms with Crippen molar-refractivity contribution in [2.24, 2.45) is 18.0 Å². The van der Waals surface area contributed by atoms with Gasteiger partial charge < -0.3 is 10.2 Å². The first-order chi connectivity index (χ1) is 12.8. The first kappa shape index (κ1) is 21.7. The van der Waals surface area contributed by atoms with Crippen molar-refractivity contribution in [3.05, 3.63) is 17.5 Å². The highest BCUT2D eigenvalue weighted by molar-refractivity contribution is 5.79. The number of piperidine rings is 1. The van der Waals surface area contributed by atoms with E-state index in [9.17, 15) is 0 Å². The van der Waals surface area contributed by atoms with Gasteiger partial charge in [-0.05, 0) is 51.6 Å². The predicted octanol–water partition coefficient (Wildman–Crippen LogP) is 3.06. The maximum atomic E-state index is 4.95. The zero-order chi connectivity index (χ0) is 20.0. The van der Waals surface area contributed by atoms with Gasteiger partial charge >= 0.3 is 0 Å². The molecular weight excluding hydrogens is 336 g/mol. The fourth-order valence-corrected chi connectivity index (χ4v) is 3.77. The van der Waals surface area contributed by atoms with Crippen LogP contribution < -0.4 is 5.32 Å². The van der Waals surface area contributed by atoms with Crippen LogP contribution in [0.1, 0.15) is 64.6 Å². The smallest absolute Gasteiger partial charge is 0.194 e. The molecule has 1 fully saturated rings. The molecule has 1 unspecified atom stereocenters. The van der Waals surface area contributed by atoms with Gasteiger partial charge in [0.2, 0.25) is 0 Å². The topological polar surface area (TPSA) is 48.7 Å². The summed E-state index contributed by atoms with van der Waals surface area (Å²) in [5.41, 5.74) is 2.45. The van der Waals surface area contributed by atoms with E-state index in [1.165, 1.54) is 37.2 Å². The molecule has 6 nitrogen and oxygen atoms in total. The Morgan fingerprint density at radius 2 is 2.00 bits per heavy atom. The van der Waals surface area contributed by atoms with Crippen LogP contribution in [0.3, 0.4) is 0 Å².